The number of halogens is 3. The molecule has 1 atom stereocenters. The summed E-state index contributed by atoms with van der Waals surface area (Å²) in [5, 5.41) is 8.73. The third-order valence-corrected chi connectivity index (χ3v) is 4.82. The van der Waals surface area contributed by atoms with E-state index in [-0.39, 0.29) is 30.0 Å². The number of nitrogens with one attached hydrogen (secondary N) is 2. The van der Waals surface area contributed by atoms with Gasteiger partial charge in [0.05, 0.1) is 22.6 Å². The van der Waals surface area contributed by atoms with Crippen LogP contribution in [0.2, 0.25) is 10.0 Å². The molecule has 1 aromatic heterocycles. The molecule has 24 heavy (non-hydrogen) atoms. The first-order chi connectivity index (χ1) is 11.0. The lowest BCUT2D eigenvalue weighted by atomic mass is 10.1. The van der Waals surface area contributed by atoms with Crippen LogP contribution in [0.25, 0.3) is 0 Å². The van der Waals surface area contributed by atoms with Crippen LogP contribution in [-0.2, 0) is 6.54 Å². The number of hydrogen-bond acceptors (Lipinski definition) is 3. The second-order valence-corrected chi connectivity index (χ2v) is 7.23. The number of aromatic nitrogens is 1. The van der Waals surface area contributed by atoms with Crippen LogP contribution in [0.5, 0.6) is 0 Å². The molecule has 2 aromatic rings. The van der Waals surface area contributed by atoms with Gasteiger partial charge in [0.15, 0.2) is 5.96 Å². The van der Waals surface area contributed by atoms with Crippen molar-refractivity contribution in [2.45, 2.75) is 33.4 Å². The van der Waals surface area contributed by atoms with E-state index < -0.39 is 0 Å². The molecule has 1 unspecified atom stereocenters. The smallest absolute Gasteiger partial charge is 0.192 e. The zero-order chi connectivity index (χ0) is 16.8. The molecular formula is C16H21Cl2IN4S. The lowest BCUT2D eigenvalue weighted by Crippen LogP contribution is -2.38. The summed E-state index contributed by atoms with van der Waals surface area (Å²) in [6, 6.07) is 5.69. The minimum atomic E-state index is 0. The van der Waals surface area contributed by atoms with Gasteiger partial charge in [-0.2, -0.15) is 0 Å². The van der Waals surface area contributed by atoms with Gasteiger partial charge in [0.2, 0.25) is 0 Å². The molecule has 2 N–H and O–H groups in total. The van der Waals surface area contributed by atoms with Crippen LogP contribution in [0.15, 0.2) is 29.4 Å². The zero-order valence-electron chi connectivity index (χ0n) is 13.8. The fourth-order valence-electron chi connectivity index (χ4n) is 2.01. The van der Waals surface area contributed by atoms with Crippen LogP contribution in [0.4, 0.5) is 0 Å². The standard InChI is InChI=1S/C16H20Cl2N4S.HI/c1-4-19-16(21-9-15-20-8-10(2)23-15)22-11(3)12-5-6-13(17)14(18)7-12;/h5-8,11H,4,9H2,1-3H3,(H2,19,21,22);1H. The molecule has 132 valence electrons. The monoisotopic (exact) mass is 498 g/mol. The van der Waals surface area contributed by atoms with Gasteiger partial charge in [0.25, 0.3) is 0 Å². The molecule has 2 rings (SSSR count). The molecule has 0 radical (unpaired) electrons. The van der Waals surface area contributed by atoms with Crippen LogP contribution < -0.4 is 10.6 Å². The molecule has 0 amide bonds. The fraction of sp³-hybridized carbons (Fsp3) is 0.375. The Hall–Kier alpha value is -0.570. The van der Waals surface area contributed by atoms with E-state index in [1.165, 1.54) is 4.88 Å². The van der Waals surface area contributed by atoms with E-state index in [2.05, 4.69) is 27.5 Å². The average Bonchev–Trinajstić information content (AvgIpc) is 2.93. The van der Waals surface area contributed by atoms with Gasteiger partial charge >= 0.3 is 0 Å². The summed E-state index contributed by atoms with van der Waals surface area (Å²) in [6.45, 7) is 7.48. The van der Waals surface area contributed by atoms with Gasteiger partial charge in [-0.05, 0) is 38.5 Å². The van der Waals surface area contributed by atoms with E-state index in [0.717, 1.165) is 23.1 Å². The molecule has 1 aromatic carbocycles. The van der Waals surface area contributed by atoms with Crippen LogP contribution in [0.3, 0.4) is 0 Å². The van der Waals surface area contributed by atoms with Crippen LogP contribution in [0.1, 0.15) is 35.3 Å². The molecule has 0 saturated carbocycles. The van der Waals surface area contributed by atoms with Crippen molar-refractivity contribution in [2.24, 2.45) is 4.99 Å². The summed E-state index contributed by atoms with van der Waals surface area (Å²) in [4.78, 5) is 10.1. The normalized spacial score (nSPS) is 12.5. The summed E-state index contributed by atoms with van der Waals surface area (Å²) in [6.07, 6.45) is 1.87. The minimum absolute atomic E-state index is 0. The summed E-state index contributed by atoms with van der Waals surface area (Å²) in [7, 11) is 0. The molecule has 8 heteroatoms. The van der Waals surface area contributed by atoms with Crippen LogP contribution >= 0.6 is 58.5 Å². The van der Waals surface area contributed by atoms with Gasteiger partial charge < -0.3 is 10.6 Å². The van der Waals surface area contributed by atoms with E-state index in [1.54, 1.807) is 17.4 Å². The van der Waals surface area contributed by atoms with Crippen molar-refractivity contribution < 1.29 is 0 Å². The maximum absolute atomic E-state index is 6.09. The van der Waals surface area contributed by atoms with Gasteiger partial charge in [-0.25, -0.2) is 9.98 Å². The Balaban J connectivity index is 0.00000288. The lowest BCUT2D eigenvalue weighted by molar-refractivity contribution is 0.686. The van der Waals surface area contributed by atoms with Gasteiger partial charge in [0.1, 0.15) is 5.01 Å². The number of benzene rings is 1. The molecule has 0 spiro atoms. The van der Waals surface area contributed by atoms with Gasteiger partial charge in [0, 0.05) is 17.6 Å². The molecule has 0 aliphatic carbocycles. The third-order valence-electron chi connectivity index (χ3n) is 3.18. The predicted octanol–water partition coefficient (Wildman–Crippen LogP) is 5.19. The second-order valence-electron chi connectivity index (χ2n) is 5.10. The highest BCUT2D eigenvalue weighted by Gasteiger charge is 2.10. The van der Waals surface area contributed by atoms with Gasteiger partial charge in [-0.15, -0.1) is 35.3 Å². The largest absolute Gasteiger partial charge is 0.357 e. The molecule has 4 nitrogen and oxygen atoms in total. The Morgan fingerprint density at radius 2 is 2.08 bits per heavy atom. The maximum Gasteiger partial charge on any atom is 0.192 e. The van der Waals surface area contributed by atoms with Crippen molar-refractivity contribution >= 4 is 64.5 Å². The average molecular weight is 499 g/mol. The number of rotatable bonds is 5. The zero-order valence-corrected chi connectivity index (χ0v) is 18.4. The first-order valence-corrected chi connectivity index (χ1v) is 8.98. The number of hydrogen-bond donors (Lipinski definition) is 2. The van der Waals surface area contributed by atoms with E-state index in [0.29, 0.717) is 16.6 Å². The van der Waals surface area contributed by atoms with Crippen molar-refractivity contribution in [3.8, 4) is 0 Å². The van der Waals surface area contributed by atoms with Crippen LogP contribution in [-0.4, -0.2) is 17.5 Å². The van der Waals surface area contributed by atoms with Crippen molar-refractivity contribution in [1.29, 1.82) is 0 Å². The van der Waals surface area contributed by atoms with Crippen molar-refractivity contribution in [1.82, 2.24) is 15.6 Å². The van der Waals surface area contributed by atoms with Crippen LogP contribution in [0, 0.1) is 6.92 Å². The quantitative estimate of drug-likeness (QED) is 0.338. The third kappa shape index (κ3) is 6.38. The molecular weight excluding hydrogens is 478 g/mol. The van der Waals surface area contributed by atoms with E-state index in [4.69, 9.17) is 23.2 Å². The number of thiazole rings is 1. The fourth-order valence-corrected chi connectivity index (χ4v) is 3.03. The summed E-state index contributed by atoms with van der Waals surface area (Å²) >= 11 is 13.7. The number of aryl methyl sites for hydroxylation is 1. The van der Waals surface area contributed by atoms with E-state index in [9.17, 15) is 0 Å². The Bertz CT molecular complexity index is 690. The van der Waals surface area contributed by atoms with Crippen molar-refractivity contribution in [2.75, 3.05) is 6.54 Å². The van der Waals surface area contributed by atoms with Crippen molar-refractivity contribution in [3.05, 3.63) is 49.9 Å². The summed E-state index contributed by atoms with van der Waals surface area (Å²) in [5.74, 6) is 0.749. The molecule has 0 saturated heterocycles. The molecule has 0 fully saturated rings. The number of aliphatic imine (C=N–C) groups is 1. The highest BCUT2D eigenvalue weighted by atomic mass is 127. The number of guanidine groups is 1. The predicted molar refractivity (Wildman–Crippen MR) is 115 cm³/mol. The van der Waals surface area contributed by atoms with E-state index in [1.807, 2.05) is 32.2 Å². The maximum atomic E-state index is 6.09. The Morgan fingerprint density at radius 1 is 1.33 bits per heavy atom. The molecule has 0 bridgehead atoms. The first kappa shape index (κ1) is 21.5. The van der Waals surface area contributed by atoms with Gasteiger partial charge in [-0.3, -0.25) is 0 Å². The second kappa shape index (κ2) is 10.4. The SMILES string of the molecule is CCNC(=NCc1ncc(C)s1)NC(C)c1ccc(Cl)c(Cl)c1.I. The Kier molecular flexibility index (Phi) is 9.33. The Morgan fingerprint density at radius 3 is 2.67 bits per heavy atom. The van der Waals surface area contributed by atoms with Crippen molar-refractivity contribution in [3.63, 3.8) is 0 Å². The summed E-state index contributed by atoms with van der Waals surface area (Å²) < 4.78 is 0. The summed E-state index contributed by atoms with van der Waals surface area (Å²) in [5.41, 5.74) is 1.05. The van der Waals surface area contributed by atoms with Gasteiger partial charge in [-0.1, -0.05) is 29.3 Å². The van der Waals surface area contributed by atoms with E-state index >= 15 is 0 Å². The number of nitrogens with zero attached hydrogens (tertiary/aromatic N) is 2. The molecule has 0 aliphatic rings. The highest BCUT2D eigenvalue weighted by Crippen LogP contribution is 2.25. The Labute approximate surface area is 174 Å². The molecule has 0 aliphatic heterocycles. The minimum Gasteiger partial charge on any atom is -0.357 e. The molecule has 1 heterocycles. The topological polar surface area (TPSA) is 49.3 Å². The highest BCUT2D eigenvalue weighted by molar-refractivity contribution is 14.0. The first-order valence-electron chi connectivity index (χ1n) is 7.40. The lowest BCUT2D eigenvalue weighted by Gasteiger charge is -2.18.